The summed E-state index contributed by atoms with van der Waals surface area (Å²) in [5.74, 6) is -0.330. The van der Waals surface area contributed by atoms with Crippen LogP contribution in [0.15, 0.2) is 11.1 Å². The molecule has 8 nitrogen and oxygen atoms in total. The zero-order valence-corrected chi connectivity index (χ0v) is 11.6. The van der Waals surface area contributed by atoms with Gasteiger partial charge in [-0.1, -0.05) is 6.92 Å². The zero-order chi connectivity index (χ0) is 14.2. The standard InChI is InChI=1S/C10H17N5O3S/c1-3-7-10(16)12-4-5-15(7)19(17,18)8-6-14(2)13-9(8)11/h6-7H,3-5H2,1-2H3,(H2,11,13)(H,12,16). The minimum atomic E-state index is -3.80. The van der Waals surface area contributed by atoms with E-state index < -0.39 is 16.1 Å². The molecule has 106 valence electrons. The molecular formula is C10H17N5O3S. The number of aromatic nitrogens is 2. The van der Waals surface area contributed by atoms with E-state index in [2.05, 4.69) is 10.4 Å². The first-order valence-corrected chi connectivity index (χ1v) is 7.40. The number of nitrogen functional groups attached to an aromatic ring is 1. The van der Waals surface area contributed by atoms with Crippen molar-refractivity contribution >= 4 is 21.7 Å². The van der Waals surface area contributed by atoms with Crippen molar-refractivity contribution in [2.24, 2.45) is 7.05 Å². The number of hydrogen-bond acceptors (Lipinski definition) is 5. The molecule has 1 unspecified atom stereocenters. The van der Waals surface area contributed by atoms with Crippen LogP contribution in [0.5, 0.6) is 0 Å². The van der Waals surface area contributed by atoms with Crippen molar-refractivity contribution in [2.45, 2.75) is 24.3 Å². The number of carbonyl (C=O) groups excluding carboxylic acids is 1. The van der Waals surface area contributed by atoms with Crippen LogP contribution in [0.1, 0.15) is 13.3 Å². The predicted octanol–water partition coefficient (Wildman–Crippen LogP) is -1.10. The highest BCUT2D eigenvalue weighted by Crippen LogP contribution is 2.24. The van der Waals surface area contributed by atoms with Crippen LogP contribution in [-0.2, 0) is 21.9 Å². The Morgan fingerprint density at radius 2 is 2.26 bits per heavy atom. The molecule has 0 bridgehead atoms. The second-order valence-corrected chi connectivity index (χ2v) is 6.24. The maximum absolute atomic E-state index is 12.5. The molecule has 2 rings (SSSR count). The molecule has 1 aromatic rings. The SMILES string of the molecule is CCC1C(=O)NCCN1S(=O)(=O)c1cn(C)nc1N. The number of nitrogens with two attached hydrogens (primary N) is 1. The van der Waals surface area contributed by atoms with E-state index in [1.54, 1.807) is 14.0 Å². The van der Waals surface area contributed by atoms with E-state index in [-0.39, 0.29) is 23.2 Å². The average Bonchev–Trinajstić information content (AvgIpc) is 2.68. The van der Waals surface area contributed by atoms with E-state index in [1.165, 1.54) is 15.2 Å². The molecule has 1 aliphatic rings. The van der Waals surface area contributed by atoms with Gasteiger partial charge in [-0.05, 0) is 6.42 Å². The Kier molecular flexibility index (Phi) is 3.50. The number of nitrogens with zero attached hydrogens (tertiary/aromatic N) is 3. The third-order valence-corrected chi connectivity index (χ3v) is 5.00. The minimum absolute atomic E-state index is 0.0525. The van der Waals surface area contributed by atoms with Gasteiger partial charge in [0.15, 0.2) is 5.82 Å². The molecule has 0 spiro atoms. The van der Waals surface area contributed by atoms with Crippen LogP contribution in [0, 0.1) is 0 Å². The lowest BCUT2D eigenvalue weighted by atomic mass is 10.2. The number of rotatable bonds is 3. The summed E-state index contributed by atoms with van der Waals surface area (Å²) >= 11 is 0. The smallest absolute Gasteiger partial charge is 0.249 e. The molecule has 19 heavy (non-hydrogen) atoms. The van der Waals surface area contributed by atoms with Gasteiger partial charge >= 0.3 is 0 Å². The number of hydrogen-bond donors (Lipinski definition) is 2. The van der Waals surface area contributed by atoms with Crippen LogP contribution in [0.4, 0.5) is 5.82 Å². The van der Waals surface area contributed by atoms with Crippen LogP contribution >= 0.6 is 0 Å². The van der Waals surface area contributed by atoms with E-state index in [0.717, 1.165) is 0 Å². The van der Waals surface area contributed by atoms with E-state index in [1.807, 2.05) is 0 Å². The first kappa shape index (κ1) is 13.8. The Morgan fingerprint density at radius 1 is 1.58 bits per heavy atom. The van der Waals surface area contributed by atoms with Crippen molar-refractivity contribution in [1.82, 2.24) is 19.4 Å². The number of nitrogens with one attached hydrogen (secondary N) is 1. The van der Waals surface area contributed by atoms with Crippen molar-refractivity contribution in [3.05, 3.63) is 6.20 Å². The van der Waals surface area contributed by atoms with Gasteiger partial charge in [-0.2, -0.15) is 9.40 Å². The molecule has 1 atom stereocenters. The highest BCUT2D eigenvalue weighted by atomic mass is 32.2. The molecule has 9 heteroatoms. The third kappa shape index (κ3) is 2.30. The lowest BCUT2D eigenvalue weighted by Crippen LogP contribution is -2.56. The number of piperazine rings is 1. The lowest BCUT2D eigenvalue weighted by Gasteiger charge is -2.33. The van der Waals surface area contributed by atoms with Crippen molar-refractivity contribution in [3.63, 3.8) is 0 Å². The summed E-state index contributed by atoms with van der Waals surface area (Å²) in [6, 6.07) is -0.696. The second kappa shape index (κ2) is 4.82. The molecule has 0 aromatic carbocycles. The number of anilines is 1. The molecule has 1 fully saturated rings. The van der Waals surface area contributed by atoms with E-state index >= 15 is 0 Å². The quantitative estimate of drug-likeness (QED) is 0.733. The van der Waals surface area contributed by atoms with Gasteiger partial charge in [-0.15, -0.1) is 0 Å². The van der Waals surface area contributed by atoms with Crippen LogP contribution in [0.25, 0.3) is 0 Å². The molecule has 0 saturated carbocycles. The van der Waals surface area contributed by atoms with Gasteiger partial charge in [0, 0.05) is 26.3 Å². The second-order valence-electron chi connectivity index (χ2n) is 4.38. The molecule has 0 aliphatic carbocycles. The fourth-order valence-corrected chi connectivity index (χ4v) is 3.93. The van der Waals surface area contributed by atoms with Crippen LogP contribution in [0.2, 0.25) is 0 Å². The molecule has 1 saturated heterocycles. The molecular weight excluding hydrogens is 270 g/mol. The molecule has 1 amide bonds. The monoisotopic (exact) mass is 287 g/mol. The van der Waals surface area contributed by atoms with Gasteiger partial charge < -0.3 is 11.1 Å². The van der Waals surface area contributed by atoms with Crippen LogP contribution < -0.4 is 11.1 Å². The van der Waals surface area contributed by atoms with Gasteiger partial charge in [0.25, 0.3) is 0 Å². The molecule has 2 heterocycles. The minimum Gasteiger partial charge on any atom is -0.381 e. The predicted molar refractivity (Wildman–Crippen MR) is 68.6 cm³/mol. The summed E-state index contributed by atoms with van der Waals surface area (Å²) in [4.78, 5) is 11.7. The summed E-state index contributed by atoms with van der Waals surface area (Å²) in [5, 5.41) is 6.49. The Bertz CT molecular complexity index is 594. The average molecular weight is 287 g/mol. The summed E-state index contributed by atoms with van der Waals surface area (Å²) < 4.78 is 27.6. The van der Waals surface area contributed by atoms with Crippen molar-refractivity contribution in [3.8, 4) is 0 Å². The summed E-state index contributed by atoms with van der Waals surface area (Å²) in [7, 11) is -2.21. The Labute approximate surface area is 111 Å². The Morgan fingerprint density at radius 3 is 2.79 bits per heavy atom. The maximum Gasteiger partial charge on any atom is 0.249 e. The van der Waals surface area contributed by atoms with Gasteiger partial charge in [0.1, 0.15) is 10.9 Å². The van der Waals surface area contributed by atoms with Gasteiger partial charge in [0.05, 0.1) is 0 Å². The van der Waals surface area contributed by atoms with Gasteiger partial charge in [-0.25, -0.2) is 8.42 Å². The molecule has 3 N–H and O–H groups in total. The number of amides is 1. The topological polar surface area (TPSA) is 110 Å². The summed E-state index contributed by atoms with van der Waals surface area (Å²) in [6.45, 7) is 2.31. The molecule has 1 aromatic heterocycles. The fraction of sp³-hybridized carbons (Fsp3) is 0.600. The number of carbonyl (C=O) groups is 1. The number of sulfonamides is 1. The summed E-state index contributed by atoms with van der Waals surface area (Å²) in [5.41, 5.74) is 5.62. The van der Waals surface area contributed by atoms with Crippen molar-refractivity contribution < 1.29 is 13.2 Å². The van der Waals surface area contributed by atoms with E-state index in [9.17, 15) is 13.2 Å². The van der Waals surface area contributed by atoms with Gasteiger partial charge in [-0.3, -0.25) is 9.48 Å². The van der Waals surface area contributed by atoms with E-state index in [4.69, 9.17) is 5.73 Å². The maximum atomic E-state index is 12.5. The third-order valence-electron chi connectivity index (χ3n) is 3.08. The molecule has 1 aliphatic heterocycles. The lowest BCUT2D eigenvalue weighted by molar-refractivity contribution is -0.126. The van der Waals surface area contributed by atoms with Crippen LogP contribution in [-0.4, -0.2) is 47.5 Å². The first-order chi connectivity index (χ1) is 8.87. The van der Waals surface area contributed by atoms with Crippen molar-refractivity contribution in [1.29, 1.82) is 0 Å². The van der Waals surface area contributed by atoms with Crippen molar-refractivity contribution in [2.75, 3.05) is 18.8 Å². The zero-order valence-electron chi connectivity index (χ0n) is 10.8. The highest BCUT2D eigenvalue weighted by Gasteiger charge is 2.38. The number of aryl methyl sites for hydroxylation is 1. The van der Waals surface area contributed by atoms with Gasteiger partial charge in [0.2, 0.25) is 15.9 Å². The normalized spacial score (nSPS) is 21.4. The molecule has 0 radical (unpaired) electrons. The first-order valence-electron chi connectivity index (χ1n) is 5.96. The largest absolute Gasteiger partial charge is 0.381 e. The fourth-order valence-electron chi connectivity index (χ4n) is 2.18. The van der Waals surface area contributed by atoms with E-state index in [0.29, 0.717) is 13.0 Å². The Hall–Kier alpha value is -1.61. The highest BCUT2D eigenvalue weighted by molar-refractivity contribution is 7.89. The van der Waals surface area contributed by atoms with Crippen LogP contribution in [0.3, 0.4) is 0 Å². The Balaban J connectivity index is 2.43. The summed E-state index contributed by atoms with van der Waals surface area (Å²) in [6.07, 6.45) is 1.76.